The Labute approximate surface area is 181 Å². The number of benzene rings is 2. The Morgan fingerprint density at radius 2 is 1.81 bits per heavy atom. The maximum absolute atomic E-state index is 14.7. The van der Waals surface area contributed by atoms with Crippen molar-refractivity contribution in [3.8, 4) is 0 Å². The number of amides is 1. The Hall–Kier alpha value is -2.32. The molecule has 31 heavy (non-hydrogen) atoms. The molecule has 1 aliphatic carbocycles. The highest BCUT2D eigenvalue weighted by Gasteiger charge is 2.47. The minimum atomic E-state index is -3.59. The first kappa shape index (κ1) is 21.9. The van der Waals surface area contributed by atoms with Gasteiger partial charge in [-0.15, -0.1) is 0 Å². The molecule has 0 aromatic heterocycles. The summed E-state index contributed by atoms with van der Waals surface area (Å²) in [5, 5.41) is 0. The molecule has 1 amide bonds. The Balaban J connectivity index is 1.69. The summed E-state index contributed by atoms with van der Waals surface area (Å²) >= 11 is 0. The van der Waals surface area contributed by atoms with Crippen LogP contribution in [0.25, 0.3) is 0 Å². The van der Waals surface area contributed by atoms with E-state index < -0.39 is 27.1 Å². The molecule has 1 aliphatic heterocycles. The predicted molar refractivity (Wildman–Crippen MR) is 113 cm³/mol. The molecule has 1 heterocycles. The van der Waals surface area contributed by atoms with Gasteiger partial charge in [0.2, 0.25) is 15.9 Å². The van der Waals surface area contributed by atoms with E-state index in [1.807, 2.05) is 6.07 Å². The van der Waals surface area contributed by atoms with Gasteiger partial charge < -0.3 is 4.90 Å². The van der Waals surface area contributed by atoms with Crippen LogP contribution in [-0.4, -0.2) is 44.2 Å². The molecule has 0 atom stereocenters. The van der Waals surface area contributed by atoms with E-state index in [0.29, 0.717) is 25.8 Å². The molecule has 2 aliphatic rings. The number of hydrogen-bond acceptors (Lipinski definition) is 3. The average Bonchev–Trinajstić information content (AvgIpc) is 3.23. The molecule has 166 valence electrons. The fraction of sp³-hybridized carbons (Fsp3) is 0.435. The second kappa shape index (κ2) is 7.98. The fourth-order valence-corrected chi connectivity index (χ4v) is 6.13. The number of carbonyl (C=O) groups excluding carboxylic acids is 1. The molecule has 4 rings (SSSR count). The van der Waals surface area contributed by atoms with Gasteiger partial charge in [0.15, 0.2) is 0 Å². The molecule has 0 unspecified atom stereocenters. The smallest absolute Gasteiger partial charge is 0.242 e. The van der Waals surface area contributed by atoms with E-state index in [2.05, 4.69) is 0 Å². The van der Waals surface area contributed by atoms with Crippen molar-refractivity contribution in [2.45, 2.75) is 49.0 Å². The van der Waals surface area contributed by atoms with Gasteiger partial charge in [-0.05, 0) is 42.5 Å². The van der Waals surface area contributed by atoms with Crippen LogP contribution in [0.5, 0.6) is 0 Å². The molecule has 0 saturated heterocycles. The van der Waals surface area contributed by atoms with Crippen LogP contribution in [0.1, 0.15) is 42.4 Å². The third-order valence-corrected chi connectivity index (χ3v) is 8.48. The van der Waals surface area contributed by atoms with Crippen molar-refractivity contribution in [1.29, 1.82) is 0 Å². The zero-order valence-electron chi connectivity index (χ0n) is 17.7. The fourth-order valence-electron chi connectivity index (χ4n) is 4.94. The van der Waals surface area contributed by atoms with E-state index in [1.54, 1.807) is 17.0 Å². The van der Waals surface area contributed by atoms with Gasteiger partial charge in [0.25, 0.3) is 0 Å². The molecule has 1 fully saturated rings. The lowest BCUT2D eigenvalue weighted by Crippen LogP contribution is -2.48. The van der Waals surface area contributed by atoms with Crippen molar-refractivity contribution >= 4 is 15.9 Å². The van der Waals surface area contributed by atoms with Gasteiger partial charge in [-0.25, -0.2) is 21.5 Å². The van der Waals surface area contributed by atoms with E-state index in [4.69, 9.17) is 0 Å². The first-order chi connectivity index (χ1) is 14.7. The molecule has 2 aromatic carbocycles. The molecule has 5 nitrogen and oxygen atoms in total. The highest BCUT2D eigenvalue weighted by atomic mass is 32.2. The summed E-state index contributed by atoms with van der Waals surface area (Å²) in [4.78, 5) is 15.7. The maximum atomic E-state index is 14.7. The number of carbonyl (C=O) groups is 1. The van der Waals surface area contributed by atoms with E-state index in [-0.39, 0.29) is 22.9 Å². The molecule has 0 spiro atoms. The Morgan fingerprint density at radius 1 is 1.10 bits per heavy atom. The van der Waals surface area contributed by atoms with Crippen LogP contribution < -0.4 is 0 Å². The number of nitrogens with zero attached hydrogens (tertiary/aromatic N) is 2. The lowest BCUT2D eigenvalue weighted by Gasteiger charge is -2.38. The van der Waals surface area contributed by atoms with Gasteiger partial charge in [-0.1, -0.05) is 31.0 Å². The highest BCUT2D eigenvalue weighted by Crippen LogP contribution is 2.44. The largest absolute Gasteiger partial charge is 0.337 e. The first-order valence-electron chi connectivity index (χ1n) is 10.4. The third kappa shape index (κ3) is 3.65. The quantitative estimate of drug-likeness (QED) is 0.718. The molecule has 8 heteroatoms. The van der Waals surface area contributed by atoms with E-state index in [0.717, 1.165) is 30.0 Å². The lowest BCUT2D eigenvalue weighted by atomic mass is 9.76. The number of hydrogen-bond donors (Lipinski definition) is 0. The van der Waals surface area contributed by atoms with Crippen LogP contribution in [-0.2, 0) is 33.2 Å². The van der Waals surface area contributed by atoms with Gasteiger partial charge in [0, 0.05) is 38.8 Å². The minimum Gasteiger partial charge on any atom is -0.337 e. The number of halogens is 2. The molecule has 1 saturated carbocycles. The SMILES string of the molecule is CN(C)S(=O)(=O)c1cccc2c1CCN(C(=O)C1(c3ccc(F)cc3F)CCCC1)C2. The summed E-state index contributed by atoms with van der Waals surface area (Å²) in [7, 11) is -0.603. The standard InChI is InChI=1S/C23H26F2N2O3S/c1-26(2)31(29,30)21-7-5-6-16-15-27(13-10-18(16)21)22(28)23(11-3-4-12-23)19-9-8-17(24)14-20(19)25/h5-9,14H,3-4,10-13,15H2,1-2H3. The molecule has 2 aromatic rings. The van der Waals surface area contributed by atoms with Gasteiger partial charge >= 0.3 is 0 Å². The summed E-state index contributed by atoms with van der Waals surface area (Å²) in [5.74, 6) is -1.52. The van der Waals surface area contributed by atoms with Crippen LogP contribution >= 0.6 is 0 Å². The molecule has 0 radical (unpaired) electrons. The van der Waals surface area contributed by atoms with Crippen LogP contribution in [0, 0.1) is 11.6 Å². The highest BCUT2D eigenvalue weighted by molar-refractivity contribution is 7.89. The first-order valence-corrected chi connectivity index (χ1v) is 11.9. The van der Waals surface area contributed by atoms with Crippen LogP contribution in [0.15, 0.2) is 41.3 Å². The van der Waals surface area contributed by atoms with Gasteiger partial charge in [-0.3, -0.25) is 4.79 Å². The van der Waals surface area contributed by atoms with Gasteiger partial charge in [0.05, 0.1) is 10.3 Å². The van der Waals surface area contributed by atoms with Crippen molar-refractivity contribution in [3.63, 3.8) is 0 Å². The summed E-state index contributed by atoms with van der Waals surface area (Å²) in [6, 6.07) is 8.56. The lowest BCUT2D eigenvalue weighted by molar-refractivity contribution is -0.138. The second-order valence-electron chi connectivity index (χ2n) is 8.57. The number of rotatable bonds is 4. The monoisotopic (exact) mass is 448 g/mol. The minimum absolute atomic E-state index is 0.165. The zero-order valence-corrected chi connectivity index (χ0v) is 18.5. The second-order valence-corrected chi connectivity index (χ2v) is 10.7. The summed E-state index contributed by atoms with van der Waals surface area (Å²) in [6.45, 7) is 0.631. The van der Waals surface area contributed by atoms with Crippen molar-refractivity contribution in [1.82, 2.24) is 9.21 Å². The van der Waals surface area contributed by atoms with Crippen molar-refractivity contribution in [3.05, 3.63) is 64.7 Å². The normalized spacial score (nSPS) is 18.3. The van der Waals surface area contributed by atoms with E-state index >= 15 is 0 Å². The van der Waals surface area contributed by atoms with Crippen molar-refractivity contribution < 1.29 is 22.0 Å². The number of fused-ring (bicyclic) bond motifs is 1. The Morgan fingerprint density at radius 3 is 2.45 bits per heavy atom. The zero-order chi connectivity index (χ0) is 22.4. The summed E-state index contributed by atoms with van der Waals surface area (Å²) < 4.78 is 54.8. The number of sulfonamides is 1. The topological polar surface area (TPSA) is 57.7 Å². The van der Waals surface area contributed by atoms with Gasteiger partial charge in [-0.2, -0.15) is 0 Å². The molecule has 0 N–H and O–H groups in total. The molecular formula is C23H26F2N2O3S. The average molecular weight is 449 g/mol. The molecular weight excluding hydrogens is 422 g/mol. The summed E-state index contributed by atoms with van der Waals surface area (Å²) in [6.07, 6.45) is 3.06. The van der Waals surface area contributed by atoms with Crippen molar-refractivity contribution in [2.75, 3.05) is 20.6 Å². The van der Waals surface area contributed by atoms with Crippen LogP contribution in [0.4, 0.5) is 8.78 Å². The van der Waals surface area contributed by atoms with Crippen LogP contribution in [0.3, 0.4) is 0 Å². The predicted octanol–water partition coefficient (Wildman–Crippen LogP) is 3.61. The van der Waals surface area contributed by atoms with Crippen molar-refractivity contribution in [2.24, 2.45) is 0 Å². The van der Waals surface area contributed by atoms with Crippen LogP contribution in [0.2, 0.25) is 0 Å². The van der Waals surface area contributed by atoms with E-state index in [1.165, 1.54) is 30.5 Å². The van der Waals surface area contributed by atoms with Gasteiger partial charge in [0.1, 0.15) is 11.6 Å². The maximum Gasteiger partial charge on any atom is 0.242 e. The Bertz CT molecular complexity index is 1130. The summed E-state index contributed by atoms with van der Waals surface area (Å²) in [5.41, 5.74) is 0.776. The van der Waals surface area contributed by atoms with E-state index in [9.17, 15) is 22.0 Å². The molecule has 0 bridgehead atoms. The Kier molecular flexibility index (Phi) is 5.64. The third-order valence-electron chi connectivity index (χ3n) is 6.58.